The molecule has 0 saturated carbocycles. The van der Waals surface area contributed by atoms with Crippen molar-refractivity contribution in [2.24, 2.45) is 5.92 Å². The molecule has 2 aliphatic rings. The molecule has 1 nitrogen and oxygen atoms in total. The first-order valence-corrected chi connectivity index (χ1v) is 11.9. The van der Waals surface area contributed by atoms with Gasteiger partial charge in [0.2, 0.25) is 0 Å². The second-order valence-electron chi connectivity index (χ2n) is 9.11. The highest BCUT2D eigenvalue weighted by Gasteiger charge is 2.45. The first-order valence-electron chi connectivity index (χ1n) is 11.9. The topological polar surface area (TPSA) is 12.9 Å². The van der Waals surface area contributed by atoms with Crippen LogP contribution in [-0.2, 0) is 11.8 Å². The number of hydrogen-bond donors (Lipinski definition) is 0. The number of rotatable bonds is 3. The highest BCUT2D eigenvalue weighted by atomic mass is 14.6. The van der Waals surface area contributed by atoms with Crippen molar-refractivity contribution in [2.75, 3.05) is 0 Å². The van der Waals surface area contributed by atoms with Crippen LogP contribution in [0.15, 0.2) is 127 Å². The molecular weight excluding hydrogens is 398 g/mol. The maximum Gasteiger partial charge on any atom is 0.0670 e. The molecule has 3 aromatic carbocycles. The molecule has 2 unspecified atom stereocenters. The maximum atomic E-state index is 4.18. The van der Waals surface area contributed by atoms with Gasteiger partial charge in [-0.25, -0.2) is 0 Å². The van der Waals surface area contributed by atoms with Crippen molar-refractivity contribution in [2.45, 2.75) is 24.7 Å². The van der Waals surface area contributed by atoms with Gasteiger partial charge < -0.3 is 0 Å². The van der Waals surface area contributed by atoms with Crippen LogP contribution in [0.2, 0.25) is 0 Å². The van der Waals surface area contributed by atoms with Gasteiger partial charge in [0, 0.05) is 12.4 Å². The van der Waals surface area contributed by atoms with E-state index in [2.05, 4.69) is 114 Å². The van der Waals surface area contributed by atoms with E-state index in [1.54, 1.807) is 0 Å². The summed E-state index contributed by atoms with van der Waals surface area (Å²) in [5, 5.41) is 0. The van der Waals surface area contributed by atoms with Crippen molar-refractivity contribution in [1.82, 2.24) is 4.98 Å². The van der Waals surface area contributed by atoms with Gasteiger partial charge in [-0.05, 0) is 76.3 Å². The van der Waals surface area contributed by atoms with Crippen molar-refractivity contribution in [1.29, 1.82) is 0 Å². The van der Waals surface area contributed by atoms with Gasteiger partial charge in [0.15, 0.2) is 0 Å². The summed E-state index contributed by atoms with van der Waals surface area (Å²) in [6, 6.07) is 33.6. The zero-order valence-corrected chi connectivity index (χ0v) is 18.7. The van der Waals surface area contributed by atoms with E-state index in [0.717, 1.165) is 12.8 Å². The Kier molecular flexibility index (Phi) is 5.03. The third-order valence-corrected chi connectivity index (χ3v) is 7.43. The molecule has 0 aliphatic heterocycles. The molecule has 6 rings (SSSR count). The fraction of sp³-hybridized carbons (Fsp3) is 0.156. The minimum absolute atomic E-state index is 0.291. The SMILES string of the molecule is C1=CCC2CCc3ccccc3C(c3ccccc3)(c3ccc(-c4ccncc4)cc3)C2=C1. The molecule has 2 atom stereocenters. The summed E-state index contributed by atoms with van der Waals surface area (Å²) in [6.07, 6.45) is 14.2. The average molecular weight is 426 g/mol. The van der Waals surface area contributed by atoms with E-state index in [9.17, 15) is 0 Å². The monoisotopic (exact) mass is 425 g/mol. The number of allylic oxidation sites excluding steroid dienone is 4. The Morgan fingerprint density at radius 1 is 0.697 bits per heavy atom. The first kappa shape index (κ1) is 19.9. The summed E-state index contributed by atoms with van der Waals surface area (Å²) in [4.78, 5) is 4.18. The molecule has 33 heavy (non-hydrogen) atoms. The quantitative estimate of drug-likeness (QED) is 0.330. The maximum absolute atomic E-state index is 4.18. The molecule has 0 bridgehead atoms. The third kappa shape index (κ3) is 3.27. The van der Waals surface area contributed by atoms with Gasteiger partial charge in [-0.15, -0.1) is 0 Å². The molecule has 0 fully saturated rings. The van der Waals surface area contributed by atoms with E-state index in [0.29, 0.717) is 5.92 Å². The molecule has 0 amide bonds. The number of pyridine rings is 1. The smallest absolute Gasteiger partial charge is 0.0670 e. The van der Waals surface area contributed by atoms with Crippen LogP contribution in [0, 0.1) is 5.92 Å². The van der Waals surface area contributed by atoms with Crippen molar-refractivity contribution >= 4 is 0 Å². The lowest BCUT2D eigenvalue weighted by atomic mass is 9.61. The molecule has 2 aliphatic carbocycles. The predicted molar refractivity (Wildman–Crippen MR) is 136 cm³/mol. The lowest BCUT2D eigenvalue weighted by molar-refractivity contribution is 0.519. The normalized spacial score (nSPS) is 21.5. The van der Waals surface area contributed by atoms with Crippen LogP contribution < -0.4 is 0 Å². The summed E-state index contributed by atoms with van der Waals surface area (Å²) in [5.74, 6) is 0.544. The molecule has 4 aromatic rings. The lowest BCUT2D eigenvalue weighted by Gasteiger charge is -2.41. The van der Waals surface area contributed by atoms with Gasteiger partial charge in [0.05, 0.1) is 5.41 Å². The number of hydrogen-bond acceptors (Lipinski definition) is 1. The summed E-state index contributed by atoms with van der Waals surface area (Å²) in [7, 11) is 0. The number of aromatic nitrogens is 1. The Balaban J connectivity index is 1.65. The van der Waals surface area contributed by atoms with E-state index in [1.807, 2.05) is 12.4 Å². The van der Waals surface area contributed by atoms with Crippen LogP contribution in [0.4, 0.5) is 0 Å². The Morgan fingerprint density at radius 2 is 1.39 bits per heavy atom. The minimum Gasteiger partial charge on any atom is -0.265 e. The summed E-state index contributed by atoms with van der Waals surface area (Å²) in [5.41, 5.74) is 9.24. The lowest BCUT2D eigenvalue weighted by Crippen LogP contribution is -2.35. The van der Waals surface area contributed by atoms with Crippen molar-refractivity contribution < 1.29 is 0 Å². The first-order chi connectivity index (χ1) is 16.4. The zero-order chi connectivity index (χ0) is 22.1. The van der Waals surface area contributed by atoms with E-state index in [4.69, 9.17) is 0 Å². The van der Waals surface area contributed by atoms with Gasteiger partial charge in [-0.2, -0.15) is 0 Å². The van der Waals surface area contributed by atoms with Crippen molar-refractivity contribution in [3.05, 3.63) is 149 Å². The molecule has 0 N–H and O–H groups in total. The van der Waals surface area contributed by atoms with Crippen LogP contribution in [0.25, 0.3) is 11.1 Å². The van der Waals surface area contributed by atoms with E-state index < -0.39 is 0 Å². The molecule has 1 heteroatoms. The molecule has 0 radical (unpaired) electrons. The van der Waals surface area contributed by atoms with Gasteiger partial charge in [-0.3, -0.25) is 4.98 Å². The van der Waals surface area contributed by atoms with Crippen molar-refractivity contribution in [3.63, 3.8) is 0 Å². The van der Waals surface area contributed by atoms with E-state index in [-0.39, 0.29) is 5.41 Å². The van der Waals surface area contributed by atoms with Gasteiger partial charge in [0.1, 0.15) is 0 Å². The van der Waals surface area contributed by atoms with Gasteiger partial charge in [0.25, 0.3) is 0 Å². The van der Waals surface area contributed by atoms with Gasteiger partial charge in [-0.1, -0.05) is 97.1 Å². The summed E-state index contributed by atoms with van der Waals surface area (Å²) < 4.78 is 0. The Labute approximate surface area is 196 Å². The fourth-order valence-electron chi connectivity index (χ4n) is 5.93. The Morgan fingerprint density at radius 3 is 2.21 bits per heavy atom. The highest BCUT2D eigenvalue weighted by Crippen LogP contribution is 2.53. The number of benzene rings is 3. The second-order valence-corrected chi connectivity index (χ2v) is 9.11. The van der Waals surface area contributed by atoms with E-state index in [1.165, 1.54) is 45.4 Å². The number of fused-ring (bicyclic) bond motifs is 2. The Bertz CT molecular complexity index is 1320. The summed E-state index contributed by atoms with van der Waals surface area (Å²) >= 11 is 0. The van der Waals surface area contributed by atoms with Crippen LogP contribution in [0.1, 0.15) is 35.1 Å². The van der Waals surface area contributed by atoms with Crippen molar-refractivity contribution in [3.8, 4) is 11.1 Å². The number of nitrogens with zero attached hydrogens (tertiary/aromatic N) is 1. The fourth-order valence-corrected chi connectivity index (χ4v) is 5.93. The predicted octanol–water partition coefficient (Wildman–Crippen LogP) is 7.53. The van der Waals surface area contributed by atoms with E-state index >= 15 is 0 Å². The Hall–Kier alpha value is -3.71. The second kappa shape index (κ2) is 8.33. The molecule has 160 valence electrons. The summed E-state index contributed by atoms with van der Waals surface area (Å²) in [6.45, 7) is 0. The number of aryl methyl sites for hydroxylation is 1. The van der Waals surface area contributed by atoms with Crippen LogP contribution >= 0.6 is 0 Å². The standard InChI is InChI=1S/C32H27N/c1-2-10-28(11-3-1)32(29-18-16-24(17-19-29)25-20-22-33-23-21-25)30-12-6-4-8-26(30)14-15-27-9-5-7-13-31(27)32/h1-8,10-13,16-23,27H,9,14-15H2. The third-order valence-electron chi connectivity index (χ3n) is 7.43. The van der Waals surface area contributed by atoms with Gasteiger partial charge >= 0.3 is 0 Å². The van der Waals surface area contributed by atoms with Crippen LogP contribution in [-0.4, -0.2) is 4.98 Å². The molecular formula is C32H27N. The minimum atomic E-state index is -0.291. The molecule has 0 spiro atoms. The molecule has 0 saturated heterocycles. The highest BCUT2D eigenvalue weighted by molar-refractivity contribution is 5.67. The average Bonchev–Trinajstić information content (AvgIpc) is 3.05. The zero-order valence-electron chi connectivity index (χ0n) is 18.7. The van der Waals surface area contributed by atoms with Crippen LogP contribution in [0.5, 0.6) is 0 Å². The molecule has 1 heterocycles. The largest absolute Gasteiger partial charge is 0.265 e. The molecule has 1 aromatic heterocycles. The van der Waals surface area contributed by atoms with Crippen LogP contribution in [0.3, 0.4) is 0 Å².